The van der Waals surface area contributed by atoms with Crippen molar-refractivity contribution in [1.82, 2.24) is 25.5 Å². The normalized spacial score (nSPS) is 19.3. The van der Waals surface area contributed by atoms with Crippen molar-refractivity contribution in [2.45, 2.75) is 45.8 Å². The molecular formula is C19H27N7O4. The number of aryl methyl sites for hydroxylation is 1. The average Bonchev–Trinajstić information content (AvgIpc) is 3.12. The molecule has 162 valence electrons. The minimum atomic E-state index is -0.931. The van der Waals surface area contributed by atoms with Crippen LogP contribution in [0, 0.1) is 12.8 Å². The number of rotatable bonds is 5. The largest absolute Gasteiger partial charge is 0.481 e. The Kier molecular flexibility index (Phi) is 6.09. The van der Waals surface area contributed by atoms with Crippen LogP contribution >= 0.6 is 0 Å². The zero-order valence-electron chi connectivity index (χ0n) is 17.5. The van der Waals surface area contributed by atoms with E-state index in [1.807, 2.05) is 6.92 Å². The molecule has 4 N–H and O–H groups in total. The Labute approximate surface area is 174 Å². The number of amides is 1. The van der Waals surface area contributed by atoms with Gasteiger partial charge < -0.3 is 25.4 Å². The molecule has 11 heteroatoms. The van der Waals surface area contributed by atoms with Gasteiger partial charge in [-0.25, -0.2) is 9.78 Å². The first-order chi connectivity index (χ1) is 14.1. The Bertz CT molecular complexity index is 895. The van der Waals surface area contributed by atoms with Crippen LogP contribution in [0.25, 0.3) is 0 Å². The average molecular weight is 417 g/mol. The third-order valence-corrected chi connectivity index (χ3v) is 4.41. The molecule has 3 rings (SSSR count). The van der Waals surface area contributed by atoms with E-state index < -0.39 is 29.6 Å². The maximum atomic E-state index is 12.2. The molecule has 0 aliphatic carbocycles. The van der Waals surface area contributed by atoms with Crippen molar-refractivity contribution in [1.29, 1.82) is 0 Å². The summed E-state index contributed by atoms with van der Waals surface area (Å²) in [5.41, 5.74) is 0.0773. The summed E-state index contributed by atoms with van der Waals surface area (Å²) in [5.74, 6) is 0.00588. The first kappa shape index (κ1) is 21.3. The molecular weight excluding hydrogens is 390 g/mol. The fourth-order valence-corrected chi connectivity index (χ4v) is 3.24. The number of hydrogen-bond donors (Lipinski definition) is 4. The third-order valence-electron chi connectivity index (χ3n) is 4.41. The molecule has 3 heterocycles. The van der Waals surface area contributed by atoms with Crippen LogP contribution in [-0.2, 0) is 9.53 Å². The van der Waals surface area contributed by atoms with E-state index in [-0.39, 0.29) is 6.54 Å². The number of carbonyl (C=O) groups is 2. The number of aromatic amines is 1. The first-order valence-corrected chi connectivity index (χ1v) is 9.68. The molecule has 30 heavy (non-hydrogen) atoms. The Morgan fingerprint density at radius 2 is 2.07 bits per heavy atom. The van der Waals surface area contributed by atoms with E-state index in [9.17, 15) is 14.7 Å². The van der Waals surface area contributed by atoms with Gasteiger partial charge in [0.2, 0.25) is 5.95 Å². The summed E-state index contributed by atoms with van der Waals surface area (Å²) < 4.78 is 5.31. The lowest BCUT2D eigenvalue weighted by Crippen LogP contribution is -2.53. The number of aliphatic carboxylic acids is 1. The van der Waals surface area contributed by atoms with Gasteiger partial charge >= 0.3 is 12.1 Å². The lowest BCUT2D eigenvalue weighted by Gasteiger charge is -2.36. The Balaban J connectivity index is 1.78. The molecule has 1 aliphatic rings. The quantitative estimate of drug-likeness (QED) is 0.574. The molecule has 2 aromatic rings. The van der Waals surface area contributed by atoms with E-state index in [0.29, 0.717) is 30.5 Å². The Morgan fingerprint density at radius 1 is 1.30 bits per heavy atom. The number of aromatic nitrogens is 4. The number of alkyl carbamates (subject to hydrolysis) is 1. The first-order valence-electron chi connectivity index (χ1n) is 9.68. The topological polar surface area (TPSA) is 145 Å². The molecule has 0 spiro atoms. The van der Waals surface area contributed by atoms with E-state index in [0.717, 1.165) is 5.69 Å². The summed E-state index contributed by atoms with van der Waals surface area (Å²) in [6.45, 7) is 7.76. The van der Waals surface area contributed by atoms with Crippen molar-refractivity contribution in [3.8, 4) is 0 Å². The number of nitrogens with one attached hydrogen (secondary N) is 3. The number of H-pyrrole nitrogens is 1. The summed E-state index contributed by atoms with van der Waals surface area (Å²) in [7, 11) is 0. The number of carboxylic acid groups (broad SMARTS) is 1. The maximum Gasteiger partial charge on any atom is 0.407 e. The maximum absolute atomic E-state index is 12.2. The highest BCUT2D eigenvalue weighted by Gasteiger charge is 2.34. The molecule has 0 bridgehead atoms. The molecule has 1 saturated heterocycles. The minimum absolute atomic E-state index is 0.245. The highest BCUT2D eigenvalue weighted by molar-refractivity contribution is 5.72. The molecule has 1 amide bonds. The van der Waals surface area contributed by atoms with Gasteiger partial charge in [0.1, 0.15) is 17.2 Å². The van der Waals surface area contributed by atoms with Crippen LogP contribution in [0.3, 0.4) is 0 Å². The van der Waals surface area contributed by atoms with Gasteiger partial charge in [0.05, 0.1) is 18.2 Å². The van der Waals surface area contributed by atoms with E-state index in [1.165, 1.54) is 0 Å². The minimum Gasteiger partial charge on any atom is -0.481 e. The number of ether oxygens (including phenoxy) is 1. The summed E-state index contributed by atoms with van der Waals surface area (Å²) in [6.07, 6.45) is 1.34. The second kappa shape index (κ2) is 8.56. The highest BCUT2D eigenvalue weighted by Crippen LogP contribution is 2.24. The third kappa shape index (κ3) is 5.82. The summed E-state index contributed by atoms with van der Waals surface area (Å²) in [6, 6.07) is 3.13. The number of anilines is 3. The van der Waals surface area contributed by atoms with E-state index in [4.69, 9.17) is 4.74 Å². The second-order valence-electron chi connectivity index (χ2n) is 8.31. The lowest BCUT2D eigenvalue weighted by atomic mass is 9.94. The van der Waals surface area contributed by atoms with Crippen LogP contribution in [0.15, 0.2) is 18.3 Å². The van der Waals surface area contributed by atoms with Crippen molar-refractivity contribution in [2.75, 3.05) is 23.3 Å². The van der Waals surface area contributed by atoms with Crippen molar-refractivity contribution >= 4 is 29.6 Å². The van der Waals surface area contributed by atoms with Gasteiger partial charge in [0.25, 0.3) is 0 Å². The molecule has 2 aromatic heterocycles. The van der Waals surface area contributed by atoms with Gasteiger partial charge in [-0.3, -0.25) is 9.89 Å². The predicted octanol–water partition coefficient (Wildman–Crippen LogP) is 2.06. The van der Waals surface area contributed by atoms with Crippen LogP contribution in [0.4, 0.5) is 22.4 Å². The second-order valence-corrected chi connectivity index (χ2v) is 8.31. The SMILES string of the molecule is Cc1cc(Nc2ccn[nH]2)nc(N2C[C@@H](NC(=O)OC(C)(C)C)C[C@@H](C(=O)O)C2)n1. The van der Waals surface area contributed by atoms with Crippen molar-refractivity contribution in [2.24, 2.45) is 5.92 Å². The van der Waals surface area contributed by atoms with Gasteiger partial charge in [0.15, 0.2) is 0 Å². The molecule has 0 unspecified atom stereocenters. The number of piperidine rings is 1. The molecule has 1 fully saturated rings. The van der Waals surface area contributed by atoms with Crippen LogP contribution in [0.5, 0.6) is 0 Å². The van der Waals surface area contributed by atoms with Gasteiger partial charge in [-0.05, 0) is 34.1 Å². The zero-order chi connectivity index (χ0) is 21.9. The number of carbonyl (C=O) groups excluding carboxylic acids is 1. The fraction of sp³-hybridized carbons (Fsp3) is 0.526. The summed E-state index contributed by atoms with van der Waals surface area (Å²) >= 11 is 0. The number of hydrogen-bond acceptors (Lipinski definition) is 8. The monoisotopic (exact) mass is 417 g/mol. The van der Waals surface area contributed by atoms with Crippen LogP contribution in [0.1, 0.15) is 32.9 Å². The predicted molar refractivity (Wildman–Crippen MR) is 110 cm³/mol. The molecule has 2 atom stereocenters. The standard InChI is InChI=1S/C19H27N7O4/c1-11-7-15(23-14-5-6-20-25-14)24-17(21-11)26-9-12(16(27)28)8-13(10-26)22-18(29)30-19(2,3)4/h5-7,12-13H,8-10H2,1-4H3,(H,22,29)(H,27,28)(H2,20,21,23,24,25)/t12-,13+/m1/s1. The van der Waals surface area contributed by atoms with E-state index in [2.05, 4.69) is 30.8 Å². The number of nitrogens with zero attached hydrogens (tertiary/aromatic N) is 4. The van der Waals surface area contributed by atoms with Gasteiger partial charge in [0, 0.05) is 30.9 Å². The van der Waals surface area contributed by atoms with Crippen molar-refractivity contribution < 1.29 is 19.4 Å². The van der Waals surface area contributed by atoms with Gasteiger partial charge in [-0.1, -0.05) is 0 Å². The smallest absolute Gasteiger partial charge is 0.407 e. The molecule has 0 aromatic carbocycles. The van der Waals surface area contributed by atoms with Crippen LogP contribution in [-0.4, -0.2) is 62.1 Å². The summed E-state index contributed by atoms with van der Waals surface area (Å²) in [5, 5.41) is 22.2. The van der Waals surface area contributed by atoms with Crippen LogP contribution < -0.4 is 15.5 Å². The molecule has 0 radical (unpaired) electrons. The van der Waals surface area contributed by atoms with Gasteiger partial charge in [-0.2, -0.15) is 10.1 Å². The van der Waals surface area contributed by atoms with Crippen molar-refractivity contribution in [3.63, 3.8) is 0 Å². The number of carboxylic acids is 1. The highest BCUT2D eigenvalue weighted by atomic mass is 16.6. The zero-order valence-corrected chi connectivity index (χ0v) is 17.5. The van der Waals surface area contributed by atoms with E-state index in [1.54, 1.807) is 44.0 Å². The van der Waals surface area contributed by atoms with Crippen molar-refractivity contribution in [3.05, 3.63) is 24.0 Å². The summed E-state index contributed by atoms with van der Waals surface area (Å²) in [4.78, 5) is 34.6. The molecule has 0 saturated carbocycles. The molecule has 1 aliphatic heterocycles. The van der Waals surface area contributed by atoms with Gasteiger partial charge in [-0.15, -0.1) is 0 Å². The fourth-order valence-electron chi connectivity index (χ4n) is 3.24. The van der Waals surface area contributed by atoms with E-state index >= 15 is 0 Å². The Hall–Kier alpha value is -3.37. The lowest BCUT2D eigenvalue weighted by molar-refractivity contribution is -0.142. The Morgan fingerprint density at radius 3 is 2.70 bits per heavy atom. The van der Waals surface area contributed by atoms with Crippen LogP contribution in [0.2, 0.25) is 0 Å². The molecule has 11 nitrogen and oxygen atoms in total.